The first-order chi connectivity index (χ1) is 8.29. The highest BCUT2D eigenvalue weighted by Gasteiger charge is 2.24. The van der Waals surface area contributed by atoms with E-state index in [1.54, 1.807) is 6.07 Å². The maximum absolute atomic E-state index is 13.2. The average Bonchev–Trinajstić information content (AvgIpc) is 2.27. The number of hydrogen-bond donors (Lipinski definition) is 1. The Hall–Kier alpha value is -0.970. The molecule has 1 heterocycles. The molecule has 1 aliphatic heterocycles. The summed E-state index contributed by atoms with van der Waals surface area (Å²) < 4.78 is 24.1. The molecule has 0 amide bonds. The zero-order valence-corrected chi connectivity index (χ0v) is 9.99. The summed E-state index contributed by atoms with van der Waals surface area (Å²) >= 11 is 0. The average molecular weight is 239 g/mol. The molecule has 94 valence electrons. The van der Waals surface area contributed by atoms with Crippen molar-refractivity contribution in [1.29, 1.82) is 0 Å². The minimum Gasteiger partial charge on any atom is -0.376 e. The Labute approximate surface area is 101 Å². The normalized spacial score (nSPS) is 17.8. The summed E-state index contributed by atoms with van der Waals surface area (Å²) in [6.07, 6.45) is 0.0291. The van der Waals surface area contributed by atoms with Crippen molar-refractivity contribution in [2.24, 2.45) is 0 Å². The van der Waals surface area contributed by atoms with Gasteiger partial charge in [0.05, 0.1) is 19.3 Å². The Bertz CT molecular complexity index is 355. The van der Waals surface area contributed by atoms with E-state index in [2.05, 4.69) is 5.32 Å². The van der Waals surface area contributed by atoms with E-state index in [-0.39, 0.29) is 18.0 Å². The summed E-state index contributed by atoms with van der Waals surface area (Å²) in [6.45, 7) is 4.87. The molecule has 1 unspecified atom stereocenters. The second kappa shape index (κ2) is 6.10. The molecule has 2 rings (SSSR count). The number of ether oxygens (including phenoxy) is 2. The molecule has 17 heavy (non-hydrogen) atoms. The summed E-state index contributed by atoms with van der Waals surface area (Å²) in [4.78, 5) is 0. The molecular weight excluding hydrogens is 221 g/mol. The molecule has 1 N–H and O–H groups in total. The van der Waals surface area contributed by atoms with Gasteiger partial charge in [-0.25, -0.2) is 4.39 Å². The van der Waals surface area contributed by atoms with Crippen LogP contribution in [0.1, 0.15) is 18.6 Å². The summed E-state index contributed by atoms with van der Waals surface area (Å²) in [5.74, 6) is -0.225. The Morgan fingerprint density at radius 2 is 2.35 bits per heavy atom. The Morgan fingerprint density at radius 1 is 1.53 bits per heavy atom. The lowest BCUT2D eigenvalue weighted by Gasteiger charge is -2.31. The number of rotatable bonds is 6. The van der Waals surface area contributed by atoms with Crippen molar-refractivity contribution >= 4 is 0 Å². The van der Waals surface area contributed by atoms with E-state index in [1.165, 1.54) is 12.1 Å². The van der Waals surface area contributed by atoms with E-state index < -0.39 is 0 Å². The van der Waals surface area contributed by atoms with Gasteiger partial charge in [-0.3, -0.25) is 0 Å². The molecule has 0 saturated carbocycles. The molecule has 1 aromatic carbocycles. The first-order valence-electron chi connectivity index (χ1n) is 5.99. The van der Waals surface area contributed by atoms with Gasteiger partial charge >= 0.3 is 0 Å². The predicted octanol–water partition coefficient (Wildman–Crippen LogP) is 1.89. The predicted molar refractivity (Wildman–Crippen MR) is 63.4 cm³/mol. The molecule has 1 atom stereocenters. The largest absolute Gasteiger partial charge is 0.376 e. The maximum atomic E-state index is 13.2. The minimum absolute atomic E-state index is 0.112. The van der Waals surface area contributed by atoms with E-state index in [9.17, 15) is 4.39 Å². The number of benzene rings is 1. The molecule has 4 heteroatoms. The van der Waals surface area contributed by atoms with Gasteiger partial charge in [-0.05, 0) is 24.2 Å². The molecule has 0 aliphatic carbocycles. The van der Waals surface area contributed by atoms with Gasteiger partial charge in [-0.1, -0.05) is 19.1 Å². The molecule has 0 bridgehead atoms. The highest BCUT2D eigenvalue weighted by Crippen LogP contribution is 2.22. The van der Waals surface area contributed by atoms with Gasteiger partial charge in [-0.15, -0.1) is 0 Å². The van der Waals surface area contributed by atoms with E-state index in [0.29, 0.717) is 19.8 Å². The van der Waals surface area contributed by atoms with Crippen molar-refractivity contribution in [2.75, 3.05) is 26.3 Å². The quantitative estimate of drug-likeness (QED) is 0.822. The van der Waals surface area contributed by atoms with Crippen molar-refractivity contribution in [3.05, 3.63) is 35.6 Å². The van der Waals surface area contributed by atoms with Gasteiger partial charge in [0.2, 0.25) is 0 Å². The summed E-state index contributed by atoms with van der Waals surface area (Å²) in [6, 6.07) is 6.58. The van der Waals surface area contributed by atoms with Crippen molar-refractivity contribution in [3.63, 3.8) is 0 Å². The highest BCUT2D eigenvalue weighted by atomic mass is 19.1. The van der Waals surface area contributed by atoms with Crippen LogP contribution in [0.3, 0.4) is 0 Å². The third-order valence-corrected chi connectivity index (χ3v) is 2.76. The summed E-state index contributed by atoms with van der Waals surface area (Å²) in [5, 5.41) is 3.23. The fourth-order valence-corrected chi connectivity index (χ4v) is 1.75. The van der Waals surface area contributed by atoms with E-state index in [0.717, 1.165) is 12.1 Å². The van der Waals surface area contributed by atoms with Crippen LogP contribution in [0.2, 0.25) is 0 Å². The molecular formula is C13H18FNO2. The van der Waals surface area contributed by atoms with E-state index in [4.69, 9.17) is 9.47 Å². The van der Waals surface area contributed by atoms with Gasteiger partial charge in [0.25, 0.3) is 0 Å². The van der Waals surface area contributed by atoms with Crippen LogP contribution in [-0.4, -0.2) is 32.4 Å². The van der Waals surface area contributed by atoms with Crippen molar-refractivity contribution in [2.45, 2.75) is 19.1 Å². The minimum atomic E-state index is -0.225. The van der Waals surface area contributed by atoms with Crippen LogP contribution in [-0.2, 0) is 9.47 Å². The third kappa shape index (κ3) is 3.49. The highest BCUT2D eigenvalue weighted by molar-refractivity contribution is 5.19. The third-order valence-electron chi connectivity index (χ3n) is 2.76. The number of likely N-dealkylation sites (N-methyl/N-ethyl adjacent to an activating group) is 1. The monoisotopic (exact) mass is 239 g/mol. The molecule has 1 aromatic rings. The van der Waals surface area contributed by atoms with Crippen LogP contribution in [0, 0.1) is 5.82 Å². The molecule has 3 nitrogen and oxygen atoms in total. The first-order valence-corrected chi connectivity index (χ1v) is 5.99. The lowest BCUT2D eigenvalue weighted by atomic mass is 10.1. The van der Waals surface area contributed by atoms with Crippen LogP contribution >= 0.6 is 0 Å². The SMILES string of the molecule is CCNCC(OC1COC1)c1cccc(F)c1. The zero-order valence-electron chi connectivity index (χ0n) is 9.99. The molecule has 0 radical (unpaired) electrons. The van der Waals surface area contributed by atoms with Crippen molar-refractivity contribution < 1.29 is 13.9 Å². The second-order valence-electron chi connectivity index (χ2n) is 4.15. The van der Waals surface area contributed by atoms with Crippen LogP contribution < -0.4 is 5.32 Å². The topological polar surface area (TPSA) is 30.5 Å². The molecule has 0 aromatic heterocycles. The van der Waals surface area contributed by atoms with Crippen LogP contribution in [0.5, 0.6) is 0 Å². The number of hydrogen-bond acceptors (Lipinski definition) is 3. The van der Waals surface area contributed by atoms with Gasteiger partial charge in [-0.2, -0.15) is 0 Å². The molecule has 1 aliphatic rings. The number of nitrogens with one attached hydrogen (secondary N) is 1. The Balaban J connectivity index is 2.02. The number of halogens is 1. The van der Waals surface area contributed by atoms with E-state index in [1.807, 2.05) is 13.0 Å². The van der Waals surface area contributed by atoms with Crippen molar-refractivity contribution in [1.82, 2.24) is 5.32 Å². The van der Waals surface area contributed by atoms with Crippen LogP contribution in [0.15, 0.2) is 24.3 Å². The Kier molecular flexibility index (Phi) is 4.48. The molecule has 1 fully saturated rings. The summed E-state index contributed by atoms with van der Waals surface area (Å²) in [5.41, 5.74) is 0.873. The van der Waals surface area contributed by atoms with E-state index >= 15 is 0 Å². The van der Waals surface area contributed by atoms with Gasteiger partial charge in [0.15, 0.2) is 0 Å². The lowest BCUT2D eigenvalue weighted by molar-refractivity contribution is -0.155. The van der Waals surface area contributed by atoms with Crippen LogP contribution in [0.4, 0.5) is 4.39 Å². The van der Waals surface area contributed by atoms with Crippen molar-refractivity contribution in [3.8, 4) is 0 Å². The maximum Gasteiger partial charge on any atom is 0.123 e. The fraction of sp³-hybridized carbons (Fsp3) is 0.538. The first kappa shape index (κ1) is 12.5. The zero-order chi connectivity index (χ0) is 12.1. The molecule has 1 saturated heterocycles. The smallest absolute Gasteiger partial charge is 0.123 e. The fourth-order valence-electron chi connectivity index (χ4n) is 1.75. The van der Waals surface area contributed by atoms with Crippen LogP contribution in [0.25, 0.3) is 0 Å². The Morgan fingerprint density at radius 3 is 2.94 bits per heavy atom. The summed E-state index contributed by atoms with van der Waals surface area (Å²) in [7, 11) is 0. The van der Waals surface area contributed by atoms with Gasteiger partial charge in [0.1, 0.15) is 11.9 Å². The standard InChI is InChI=1S/C13H18FNO2/c1-2-15-7-13(17-12-8-16-9-12)10-4-3-5-11(14)6-10/h3-6,12-13,15H,2,7-9H2,1H3. The second-order valence-corrected chi connectivity index (χ2v) is 4.15. The molecule has 0 spiro atoms. The van der Waals surface area contributed by atoms with Gasteiger partial charge in [0, 0.05) is 6.54 Å². The van der Waals surface area contributed by atoms with Gasteiger partial charge < -0.3 is 14.8 Å². The lowest BCUT2D eigenvalue weighted by Crippen LogP contribution is -2.39.